The highest BCUT2D eigenvalue weighted by Gasteiger charge is 2.42. The molecule has 0 spiro atoms. The number of rotatable bonds is 8. The molecule has 4 saturated heterocycles. The second kappa shape index (κ2) is 12.4. The number of pyridine rings is 3. The van der Waals surface area contributed by atoms with Gasteiger partial charge in [0.05, 0.1) is 61.6 Å². The van der Waals surface area contributed by atoms with Crippen molar-refractivity contribution in [3.05, 3.63) is 66.2 Å². The lowest BCUT2D eigenvalue weighted by Crippen LogP contribution is -2.36. The molecule has 0 aliphatic carbocycles. The molecule has 4 aromatic rings. The summed E-state index contributed by atoms with van der Waals surface area (Å²) in [4.78, 5) is 28.7. The smallest absolute Gasteiger partial charge is 0.255 e. The Kier molecular flexibility index (Phi) is 7.84. The Morgan fingerprint density at radius 3 is 2.43 bits per heavy atom. The summed E-state index contributed by atoms with van der Waals surface area (Å²) < 4.78 is 24.7. The molecule has 1 amide bonds. The lowest BCUT2D eigenvalue weighted by Gasteiger charge is -2.24. The lowest BCUT2D eigenvalue weighted by molar-refractivity contribution is -0.116. The zero-order valence-electron chi connectivity index (χ0n) is 26.2. The first-order valence-electron chi connectivity index (χ1n) is 16.1. The second-order valence-corrected chi connectivity index (χ2v) is 12.6. The van der Waals surface area contributed by atoms with E-state index in [1.54, 1.807) is 36.2 Å². The van der Waals surface area contributed by atoms with Gasteiger partial charge in [0.1, 0.15) is 24.2 Å². The quantitative estimate of drug-likeness (QED) is 0.283. The maximum Gasteiger partial charge on any atom is 0.255 e. The fourth-order valence-electron chi connectivity index (χ4n) is 7.38. The first-order valence-corrected chi connectivity index (χ1v) is 16.1. The fraction of sp³-hybridized carbons (Fsp3) is 0.441. The van der Waals surface area contributed by atoms with E-state index in [1.807, 2.05) is 35.5 Å². The molecule has 4 aromatic heterocycles. The van der Waals surface area contributed by atoms with Crippen LogP contribution < -0.4 is 14.4 Å². The third-order valence-electron chi connectivity index (χ3n) is 9.77. The van der Waals surface area contributed by atoms with Crippen LogP contribution in [0.2, 0.25) is 0 Å². The fourth-order valence-corrected chi connectivity index (χ4v) is 7.38. The second-order valence-electron chi connectivity index (χ2n) is 12.6. The van der Waals surface area contributed by atoms with E-state index in [4.69, 9.17) is 23.9 Å². The minimum absolute atomic E-state index is 0.00988. The number of anilines is 1. The number of nitrogens with zero attached hydrogens (tertiary/aromatic N) is 8. The van der Waals surface area contributed by atoms with E-state index < -0.39 is 0 Å². The Balaban J connectivity index is 0.931. The van der Waals surface area contributed by atoms with Gasteiger partial charge in [0.15, 0.2) is 0 Å². The molecule has 242 valence electrons. The summed E-state index contributed by atoms with van der Waals surface area (Å²) in [5.41, 5.74) is 3.51. The van der Waals surface area contributed by atoms with Crippen molar-refractivity contribution in [2.75, 3.05) is 77.6 Å². The van der Waals surface area contributed by atoms with Crippen molar-refractivity contribution in [1.29, 1.82) is 5.26 Å². The predicted octanol–water partition coefficient (Wildman–Crippen LogP) is 2.36. The number of fused-ring (bicyclic) bond motifs is 3. The zero-order valence-corrected chi connectivity index (χ0v) is 26.2. The van der Waals surface area contributed by atoms with Crippen molar-refractivity contribution < 1.29 is 23.7 Å². The van der Waals surface area contributed by atoms with Gasteiger partial charge in [-0.1, -0.05) is 0 Å². The molecular formula is C34H36N8O5. The number of amides is 1. The highest BCUT2D eigenvalue weighted by Crippen LogP contribution is 2.36. The van der Waals surface area contributed by atoms with Crippen LogP contribution in [0.3, 0.4) is 0 Å². The Bertz CT molecular complexity index is 1780. The largest absolute Gasteiger partial charge is 0.491 e. The molecule has 4 fully saturated rings. The number of aromatic nitrogens is 4. The van der Waals surface area contributed by atoms with Crippen LogP contribution in [0.1, 0.15) is 15.9 Å². The maximum absolute atomic E-state index is 13.1. The molecule has 4 aliphatic heterocycles. The normalized spacial score (nSPS) is 23.9. The average Bonchev–Trinajstić information content (AvgIpc) is 3.90. The van der Waals surface area contributed by atoms with Gasteiger partial charge in [-0.25, -0.2) is 14.5 Å². The summed E-state index contributed by atoms with van der Waals surface area (Å²) in [5, 5.41) is 14.2. The Morgan fingerprint density at radius 2 is 1.77 bits per heavy atom. The van der Waals surface area contributed by atoms with Gasteiger partial charge in [0, 0.05) is 87.2 Å². The van der Waals surface area contributed by atoms with Crippen molar-refractivity contribution in [2.24, 2.45) is 11.8 Å². The van der Waals surface area contributed by atoms with Crippen LogP contribution in [0.5, 0.6) is 11.6 Å². The van der Waals surface area contributed by atoms with Crippen molar-refractivity contribution in [3.63, 3.8) is 0 Å². The van der Waals surface area contributed by atoms with Gasteiger partial charge in [-0.2, -0.15) is 10.4 Å². The van der Waals surface area contributed by atoms with Gasteiger partial charge >= 0.3 is 0 Å². The summed E-state index contributed by atoms with van der Waals surface area (Å²) >= 11 is 0. The molecule has 0 aromatic carbocycles. The zero-order chi connectivity index (χ0) is 31.9. The number of carbonyl (C=O) groups is 1. The van der Waals surface area contributed by atoms with E-state index in [1.165, 1.54) is 0 Å². The Hall–Kier alpha value is -4.77. The van der Waals surface area contributed by atoms with Gasteiger partial charge < -0.3 is 28.7 Å². The first kappa shape index (κ1) is 29.6. The molecule has 8 heterocycles. The highest BCUT2D eigenvalue weighted by molar-refractivity contribution is 5.94. The number of hydrogen-bond acceptors (Lipinski definition) is 11. The molecule has 47 heavy (non-hydrogen) atoms. The monoisotopic (exact) mass is 636 g/mol. The van der Waals surface area contributed by atoms with Crippen LogP contribution in [0.15, 0.2) is 55.1 Å². The summed E-state index contributed by atoms with van der Waals surface area (Å²) in [6, 6.07) is 11.8. The third-order valence-corrected chi connectivity index (χ3v) is 9.77. The summed E-state index contributed by atoms with van der Waals surface area (Å²) in [5.74, 6) is 2.84. The van der Waals surface area contributed by atoms with Crippen molar-refractivity contribution in [2.45, 2.75) is 12.2 Å². The van der Waals surface area contributed by atoms with E-state index in [0.29, 0.717) is 67.5 Å². The minimum Gasteiger partial charge on any atom is -0.491 e. The summed E-state index contributed by atoms with van der Waals surface area (Å²) in [7, 11) is 1.56. The molecule has 0 bridgehead atoms. The Labute approximate surface area is 272 Å². The van der Waals surface area contributed by atoms with Crippen LogP contribution in [0.25, 0.3) is 16.6 Å². The molecule has 0 N–H and O–H groups in total. The van der Waals surface area contributed by atoms with Crippen LogP contribution in [-0.4, -0.2) is 120 Å². The number of ether oxygens (including phenoxy) is 4. The lowest BCUT2D eigenvalue weighted by atomic mass is 10.0. The van der Waals surface area contributed by atoms with Crippen molar-refractivity contribution in [1.82, 2.24) is 29.4 Å². The molecule has 8 rings (SSSR count). The number of hydrogen-bond donors (Lipinski definition) is 0. The van der Waals surface area contributed by atoms with E-state index in [0.717, 1.165) is 55.2 Å². The predicted molar refractivity (Wildman–Crippen MR) is 170 cm³/mol. The number of likely N-dealkylation sites (tertiary alicyclic amines) is 2. The highest BCUT2D eigenvalue weighted by atomic mass is 16.6. The van der Waals surface area contributed by atoms with Crippen LogP contribution in [0, 0.1) is 23.2 Å². The molecular weight excluding hydrogens is 600 g/mol. The van der Waals surface area contributed by atoms with Gasteiger partial charge in [0.25, 0.3) is 5.91 Å². The van der Waals surface area contributed by atoms with Crippen LogP contribution in [0.4, 0.5) is 5.82 Å². The number of nitriles is 1. The molecule has 4 aliphatic rings. The molecule has 13 heteroatoms. The molecule has 0 saturated carbocycles. The van der Waals surface area contributed by atoms with E-state index in [-0.39, 0.29) is 18.1 Å². The average molecular weight is 637 g/mol. The van der Waals surface area contributed by atoms with Crippen molar-refractivity contribution in [3.8, 4) is 28.8 Å². The maximum atomic E-state index is 13.1. The van der Waals surface area contributed by atoms with Crippen molar-refractivity contribution >= 4 is 17.2 Å². The van der Waals surface area contributed by atoms with Gasteiger partial charge in [-0.05, 0) is 24.3 Å². The standard InChI is InChI=1S/C34H36N8O5/c1-44-32-5-3-23(13-37-32)34(43)41-17-25-15-40(16-26(25)18-41)31-4-2-22(12-36-31)28-10-27(19-42-33(28)24(11-35)14-38-42)45-7-6-39-20-29-30(21-39)47-9-8-46-29/h2-5,10,12-14,19,25-26,29-30H,6-9,15-18,20-21H2,1H3. The molecule has 13 nitrogen and oxygen atoms in total. The summed E-state index contributed by atoms with van der Waals surface area (Å²) in [6.07, 6.45) is 7.11. The minimum atomic E-state index is 0.00988. The van der Waals surface area contributed by atoms with Gasteiger partial charge in [0.2, 0.25) is 5.88 Å². The summed E-state index contributed by atoms with van der Waals surface area (Å²) in [6.45, 7) is 7.38. The Morgan fingerprint density at radius 1 is 0.979 bits per heavy atom. The number of carbonyl (C=O) groups excluding carboxylic acids is 1. The molecule has 4 atom stereocenters. The SMILES string of the molecule is COc1ccc(C(=O)N2CC3CN(c4ccc(-c5cc(OCCN6CC7OCCOC7C6)cn6ncc(C#N)c56)cn4)CC3C2)cn1. The van der Waals surface area contributed by atoms with E-state index in [2.05, 4.69) is 26.0 Å². The molecule has 0 radical (unpaired) electrons. The van der Waals surface area contributed by atoms with Crippen LogP contribution >= 0.6 is 0 Å². The van der Waals surface area contributed by atoms with E-state index >= 15 is 0 Å². The topological polar surface area (TPSA) is 131 Å². The number of methoxy groups -OCH3 is 1. The van der Waals surface area contributed by atoms with Gasteiger partial charge in [-0.15, -0.1) is 0 Å². The first-order chi connectivity index (χ1) is 23.1. The molecule has 4 unspecified atom stereocenters. The third kappa shape index (κ3) is 5.73. The van der Waals surface area contributed by atoms with Crippen LogP contribution in [-0.2, 0) is 9.47 Å². The van der Waals surface area contributed by atoms with E-state index in [9.17, 15) is 10.1 Å². The van der Waals surface area contributed by atoms with Gasteiger partial charge in [-0.3, -0.25) is 9.69 Å².